The van der Waals surface area contributed by atoms with Crippen LogP contribution < -0.4 is 10.1 Å². The van der Waals surface area contributed by atoms with Gasteiger partial charge in [-0.3, -0.25) is 4.79 Å². The summed E-state index contributed by atoms with van der Waals surface area (Å²) in [4.78, 5) is 14.7. The van der Waals surface area contributed by atoms with Crippen molar-refractivity contribution in [3.63, 3.8) is 0 Å². The Hall–Kier alpha value is -3.06. The number of hydrogen-bond donors (Lipinski definition) is 1. The lowest BCUT2D eigenvalue weighted by molar-refractivity contribution is 0.0943. The zero-order valence-corrected chi connectivity index (χ0v) is 15.1. The third-order valence-corrected chi connectivity index (χ3v) is 3.88. The first-order valence-corrected chi connectivity index (χ1v) is 8.30. The van der Waals surface area contributed by atoms with E-state index in [4.69, 9.17) is 9.15 Å². The van der Waals surface area contributed by atoms with Crippen LogP contribution in [0.25, 0.3) is 17.1 Å². The van der Waals surface area contributed by atoms with Crippen molar-refractivity contribution in [1.82, 2.24) is 20.0 Å². The lowest BCUT2D eigenvalue weighted by atomic mass is 10.2. The lowest BCUT2D eigenvalue weighted by Gasteiger charge is -2.11. The fourth-order valence-electron chi connectivity index (χ4n) is 2.49. The van der Waals surface area contributed by atoms with E-state index in [0.29, 0.717) is 23.7 Å². The zero-order chi connectivity index (χ0) is 18.5. The summed E-state index contributed by atoms with van der Waals surface area (Å²) in [6.45, 7) is 1.31. The van der Waals surface area contributed by atoms with Crippen LogP contribution in [-0.4, -0.2) is 54.9 Å². The smallest absolute Gasteiger partial charge is 0.270 e. The van der Waals surface area contributed by atoms with Gasteiger partial charge in [0.1, 0.15) is 17.1 Å². The van der Waals surface area contributed by atoms with E-state index >= 15 is 0 Å². The number of carbonyl (C=O) groups is 1. The molecule has 0 spiro atoms. The van der Waals surface area contributed by atoms with Crippen LogP contribution in [0.1, 0.15) is 10.5 Å². The molecule has 1 N–H and O–H groups in total. The minimum absolute atomic E-state index is 0.187. The van der Waals surface area contributed by atoms with Gasteiger partial charge in [0.15, 0.2) is 5.76 Å². The van der Waals surface area contributed by atoms with Gasteiger partial charge in [0.2, 0.25) is 0 Å². The highest BCUT2D eigenvalue weighted by Crippen LogP contribution is 2.23. The number of carbonyl (C=O) groups excluding carboxylic acids is 1. The number of likely N-dealkylation sites (N-methyl/N-ethyl adjacent to an activating group) is 1. The predicted molar refractivity (Wildman–Crippen MR) is 98.7 cm³/mol. The molecule has 0 unspecified atom stereocenters. The van der Waals surface area contributed by atoms with E-state index in [1.165, 1.54) is 0 Å². The predicted octanol–water partition coefficient (Wildman–Crippen LogP) is 2.43. The maximum atomic E-state index is 12.7. The Balaban J connectivity index is 1.93. The molecule has 2 heterocycles. The van der Waals surface area contributed by atoms with E-state index in [1.54, 1.807) is 30.2 Å². The summed E-state index contributed by atoms with van der Waals surface area (Å²) < 4.78 is 12.2. The average molecular weight is 354 g/mol. The minimum atomic E-state index is -0.187. The van der Waals surface area contributed by atoms with E-state index in [1.807, 2.05) is 49.3 Å². The highest BCUT2D eigenvalue weighted by molar-refractivity contribution is 5.94. The monoisotopic (exact) mass is 354 g/mol. The molecule has 3 aromatic rings. The van der Waals surface area contributed by atoms with Crippen molar-refractivity contribution in [3.05, 3.63) is 54.4 Å². The summed E-state index contributed by atoms with van der Waals surface area (Å²) in [6, 6.07) is 12.7. The molecule has 0 aliphatic heterocycles. The average Bonchev–Trinajstić information content (AvgIpc) is 3.31. The van der Waals surface area contributed by atoms with E-state index in [9.17, 15) is 4.79 Å². The van der Waals surface area contributed by atoms with Gasteiger partial charge in [-0.05, 0) is 50.5 Å². The number of rotatable bonds is 7. The molecule has 0 bridgehead atoms. The molecule has 0 atom stereocenters. The molecule has 136 valence electrons. The van der Waals surface area contributed by atoms with Crippen LogP contribution in [-0.2, 0) is 0 Å². The number of furan rings is 1. The quantitative estimate of drug-likeness (QED) is 0.705. The van der Waals surface area contributed by atoms with Crippen molar-refractivity contribution in [2.45, 2.75) is 0 Å². The number of aromatic nitrogens is 2. The van der Waals surface area contributed by atoms with Crippen LogP contribution in [0.15, 0.2) is 53.1 Å². The summed E-state index contributed by atoms with van der Waals surface area (Å²) in [5.41, 5.74) is 1.81. The van der Waals surface area contributed by atoms with Crippen LogP contribution in [0.2, 0.25) is 0 Å². The molecular weight excluding hydrogens is 332 g/mol. The molecule has 0 aliphatic rings. The maximum Gasteiger partial charge on any atom is 0.270 e. The third kappa shape index (κ3) is 3.94. The fraction of sp³-hybridized carbons (Fsp3) is 0.263. The molecule has 0 fully saturated rings. The number of amides is 1. The number of methoxy groups -OCH3 is 1. The molecule has 1 amide bonds. The van der Waals surface area contributed by atoms with E-state index in [0.717, 1.165) is 18.0 Å². The van der Waals surface area contributed by atoms with Crippen molar-refractivity contribution in [1.29, 1.82) is 0 Å². The highest BCUT2D eigenvalue weighted by Gasteiger charge is 2.18. The maximum absolute atomic E-state index is 12.7. The number of nitrogens with one attached hydrogen (secondary N) is 1. The number of hydrogen-bond acceptors (Lipinski definition) is 5. The Morgan fingerprint density at radius 2 is 2.04 bits per heavy atom. The molecule has 0 aliphatic carbocycles. The highest BCUT2D eigenvalue weighted by atomic mass is 16.5. The Labute approximate surface area is 152 Å². The molecule has 3 rings (SSSR count). The van der Waals surface area contributed by atoms with E-state index in [-0.39, 0.29) is 5.91 Å². The summed E-state index contributed by atoms with van der Waals surface area (Å²) >= 11 is 0. The van der Waals surface area contributed by atoms with Gasteiger partial charge in [0.05, 0.1) is 19.1 Å². The van der Waals surface area contributed by atoms with Crippen molar-refractivity contribution in [2.75, 3.05) is 34.3 Å². The molecule has 2 aromatic heterocycles. The van der Waals surface area contributed by atoms with Crippen LogP contribution >= 0.6 is 0 Å². The van der Waals surface area contributed by atoms with Crippen molar-refractivity contribution < 1.29 is 13.9 Å². The fourth-order valence-corrected chi connectivity index (χ4v) is 2.49. The second kappa shape index (κ2) is 7.88. The Morgan fingerprint density at radius 3 is 2.65 bits per heavy atom. The summed E-state index contributed by atoms with van der Waals surface area (Å²) in [5.74, 6) is 1.16. The van der Waals surface area contributed by atoms with Crippen LogP contribution in [0.5, 0.6) is 5.75 Å². The zero-order valence-electron chi connectivity index (χ0n) is 15.1. The summed E-state index contributed by atoms with van der Waals surface area (Å²) in [7, 11) is 5.53. The second-order valence-corrected chi connectivity index (χ2v) is 6.06. The number of ether oxygens (including phenoxy) is 1. The van der Waals surface area contributed by atoms with E-state index in [2.05, 4.69) is 10.4 Å². The molecule has 1 aromatic carbocycles. The third-order valence-electron chi connectivity index (χ3n) is 3.88. The second-order valence-electron chi connectivity index (χ2n) is 6.06. The Morgan fingerprint density at radius 1 is 1.27 bits per heavy atom. The molecule has 26 heavy (non-hydrogen) atoms. The summed E-state index contributed by atoms with van der Waals surface area (Å²) in [6.07, 6.45) is 1.58. The lowest BCUT2D eigenvalue weighted by Crippen LogP contribution is -2.32. The first-order valence-electron chi connectivity index (χ1n) is 8.30. The SMILES string of the molecule is COc1ccc(-n2nc(-c3ccco3)cc2C(=O)NCCN(C)C)cc1. The standard InChI is InChI=1S/C19H22N4O3/c1-22(2)11-10-20-19(24)17-13-16(18-5-4-12-26-18)21-23(17)14-6-8-15(25-3)9-7-14/h4-9,12-13H,10-11H2,1-3H3,(H,20,24). The molecule has 0 saturated carbocycles. The molecular formula is C19H22N4O3. The van der Waals surface area contributed by atoms with Crippen molar-refractivity contribution >= 4 is 5.91 Å². The number of nitrogens with zero attached hydrogens (tertiary/aromatic N) is 3. The van der Waals surface area contributed by atoms with Crippen LogP contribution in [0.4, 0.5) is 0 Å². The van der Waals surface area contributed by atoms with Gasteiger partial charge in [0, 0.05) is 19.2 Å². The van der Waals surface area contributed by atoms with Gasteiger partial charge >= 0.3 is 0 Å². The van der Waals surface area contributed by atoms with Gasteiger partial charge in [0.25, 0.3) is 5.91 Å². The van der Waals surface area contributed by atoms with Crippen molar-refractivity contribution in [2.24, 2.45) is 0 Å². The minimum Gasteiger partial charge on any atom is -0.497 e. The molecule has 0 saturated heterocycles. The topological polar surface area (TPSA) is 72.5 Å². The number of benzene rings is 1. The molecule has 7 nitrogen and oxygen atoms in total. The molecule has 0 radical (unpaired) electrons. The van der Waals surface area contributed by atoms with Crippen molar-refractivity contribution in [3.8, 4) is 22.9 Å². The first kappa shape index (κ1) is 17.8. The van der Waals surface area contributed by atoms with Gasteiger partial charge < -0.3 is 19.4 Å². The summed E-state index contributed by atoms with van der Waals surface area (Å²) in [5, 5.41) is 7.48. The first-order chi connectivity index (χ1) is 12.6. The Kier molecular flexibility index (Phi) is 5.38. The largest absolute Gasteiger partial charge is 0.497 e. The molecule has 7 heteroatoms. The van der Waals surface area contributed by atoms with Gasteiger partial charge in [-0.2, -0.15) is 5.10 Å². The Bertz CT molecular complexity index is 852. The van der Waals surface area contributed by atoms with E-state index < -0.39 is 0 Å². The van der Waals surface area contributed by atoms with Crippen LogP contribution in [0.3, 0.4) is 0 Å². The normalized spacial score (nSPS) is 10.9. The van der Waals surface area contributed by atoms with Gasteiger partial charge in [-0.25, -0.2) is 4.68 Å². The van der Waals surface area contributed by atoms with Gasteiger partial charge in [-0.15, -0.1) is 0 Å². The van der Waals surface area contributed by atoms with Crippen LogP contribution in [0, 0.1) is 0 Å². The van der Waals surface area contributed by atoms with Gasteiger partial charge in [-0.1, -0.05) is 0 Å².